The number of fused-ring (bicyclic) bond motifs is 7. The van der Waals surface area contributed by atoms with Crippen LogP contribution in [0.25, 0.3) is 54.3 Å². The summed E-state index contributed by atoms with van der Waals surface area (Å²) in [4.78, 5) is 0. The molecule has 0 N–H and O–H groups in total. The summed E-state index contributed by atoms with van der Waals surface area (Å²) in [6.45, 7) is 2.18. The monoisotopic (exact) mass is 350 g/mol. The van der Waals surface area contributed by atoms with Crippen LogP contribution in [0.15, 0.2) is 75.8 Å². The molecule has 0 saturated heterocycles. The van der Waals surface area contributed by atoms with Crippen LogP contribution in [0, 0.1) is 0 Å². The summed E-state index contributed by atoms with van der Waals surface area (Å²) in [7, 11) is 0. The Bertz CT molecular complexity index is 1480. The lowest BCUT2D eigenvalue weighted by molar-refractivity contribution is 0.545. The quantitative estimate of drug-likeness (QED) is 0.301. The highest BCUT2D eigenvalue weighted by Crippen LogP contribution is 2.36. The first-order valence-electron chi connectivity index (χ1n) is 9.49. The fourth-order valence-electron chi connectivity index (χ4n) is 4.29. The minimum Gasteiger partial charge on any atom is -0.464 e. The van der Waals surface area contributed by atoms with Gasteiger partial charge in [0, 0.05) is 17.2 Å². The smallest absolute Gasteiger partial charge is 0.134 e. The molecule has 0 fully saturated rings. The van der Waals surface area contributed by atoms with Crippen molar-refractivity contribution in [3.8, 4) is 0 Å². The van der Waals surface area contributed by atoms with Crippen molar-refractivity contribution in [3.05, 3.63) is 72.7 Å². The van der Waals surface area contributed by atoms with Gasteiger partial charge in [-0.05, 0) is 75.1 Å². The van der Waals surface area contributed by atoms with Crippen molar-refractivity contribution in [2.75, 3.05) is 0 Å². The Kier molecular flexibility index (Phi) is 2.96. The van der Waals surface area contributed by atoms with E-state index in [1.807, 2.05) is 6.07 Å². The molecule has 2 nitrogen and oxygen atoms in total. The molecule has 0 aliphatic heterocycles. The maximum atomic E-state index is 6.09. The van der Waals surface area contributed by atoms with E-state index in [2.05, 4.69) is 61.5 Å². The Morgan fingerprint density at radius 1 is 0.630 bits per heavy atom. The van der Waals surface area contributed by atoms with Gasteiger partial charge in [0.25, 0.3) is 0 Å². The van der Waals surface area contributed by atoms with Crippen LogP contribution in [-0.4, -0.2) is 0 Å². The van der Waals surface area contributed by atoms with E-state index in [0.29, 0.717) is 0 Å². The molecule has 6 aromatic rings. The van der Waals surface area contributed by atoms with Crippen molar-refractivity contribution in [3.63, 3.8) is 0 Å². The van der Waals surface area contributed by atoms with Crippen LogP contribution in [0.5, 0.6) is 0 Å². The van der Waals surface area contributed by atoms with E-state index >= 15 is 0 Å². The molecular weight excluding hydrogens is 332 g/mol. The van der Waals surface area contributed by atoms with Crippen LogP contribution < -0.4 is 0 Å². The third kappa shape index (κ3) is 2.13. The Balaban J connectivity index is 1.71. The molecule has 0 atom stereocenters. The first-order valence-corrected chi connectivity index (χ1v) is 9.49. The lowest BCUT2D eigenvalue weighted by atomic mass is 9.96. The van der Waals surface area contributed by atoms with E-state index in [9.17, 15) is 0 Å². The van der Waals surface area contributed by atoms with E-state index in [0.717, 1.165) is 35.2 Å². The minimum absolute atomic E-state index is 0.931. The molecule has 0 unspecified atom stereocenters. The average molecular weight is 350 g/mol. The van der Waals surface area contributed by atoms with Crippen molar-refractivity contribution in [1.82, 2.24) is 0 Å². The summed E-state index contributed by atoms with van der Waals surface area (Å²) in [5.41, 5.74) is 1.90. The van der Waals surface area contributed by atoms with Crippen molar-refractivity contribution >= 4 is 54.3 Å². The third-order valence-electron chi connectivity index (χ3n) is 5.59. The second kappa shape index (κ2) is 5.37. The molecule has 2 heteroatoms. The summed E-state index contributed by atoms with van der Waals surface area (Å²) < 4.78 is 11.7. The van der Waals surface area contributed by atoms with Crippen molar-refractivity contribution in [2.45, 2.75) is 19.8 Å². The summed E-state index contributed by atoms with van der Waals surface area (Å²) in [6.07, 6.45) is 3.83. The lowest BCUT2D eigenvalue weighted by Crippen LogP contribution is -1.81. The first-order chi connectivity index (χ1) is 13.3. The van der Waals surface area contributed by atoms with Gasteiger partial charge < -0.3 is 8.83 Å². The van der Waals surface area contributed by atoms with Crippen LogP contribution >= 0.6 is 0 Å². The van der Waals surface area contributed by atoms with Crippen LogP contribution in [0.3, 0.4) is 0 Å². The fourth-order valence-corrected chi connectivity index (χ4v) is 4.29. The van der Waals surface area contributed by atoms with E-state index in [4.69, 9.17) is 8.83 Å². The van der Waals surface area contributed by atoms with Gasteiger partial charge in [0.1, 0.15) is 16.9 Å². The highest BCUT2D eigenvalue weighted by atomic mass is 16.3. The summed E-state index contributed by atoms with van der Waals surface area (Å²) in [5.74, 6) is 1.07. The highest BCUT2D eigenvalue weighted by Gasteiger charge is 2.10. The summed E-state index contributed by atoms with van der Waals surface area (Å²) in [6, 6.07) is 21.9. The number of hydrogen-bond donors (Lipinski definition) is 0. The van der Waals surface area contributed by atoms with Gasteiger partial charge in [-0.2, -0.15) is 0 Å². The number of benzene rings is 4. The Morgan fingerprint density at radius 3 is 2.07 bits per heavy atom. The molecule has 0 bridgehead atoms. The van der Waals surface area contributed by atoms with Crippen molar-refractivity contribution < 1.29 is 8.83 Å². The van der Waals surface area contributed by atoms with Gasteiger partial charge in [0.15, 0.2) is 0 Å². The number of rotatable bonds is 2. The Hall–Kier alpha value is -3.26. The molecule has 0 aliphatic rings. The van der Waals surface area contributed by atoms with Crippen LogP contribution in [0.1, 0.15) is 19.1 Å². The molecule has 2 aromatic heterocycles. The molecule has 4 aromatic carbocycles. The third-order valence-corrected chi connectivity index (χ3v) is 5.59. The zero-order chi connectivity index (χ0) is 18.0. The SMILES string of the molecule is CCCc1cc2cc3ccc4c5cc6occc6cc5ccc4c3cc2o1. The maximum Gasteiger partial charge on any atom is 0.134 e. The number of aryl methyl sites for hydroxylation is 1. The topological polar surface area (TPSA) is 26.3 Å². The molecule has 0 amide bonds. The number of hydrogen-bond acceptors (Lipinski definition) is 2. The first kappa shape index (κ1) is 14.9. The summed E-state index contributed by atoms with van der Waals surface area (Å²) >= 11 is 0. The molecule has 0 radical (unpaired) electrons. The molecule has 0 aliphatic carbocycles. The van der Waals surface area contributed by atoms with Crippen LogP contribution in [0.2, 0.25) is 0 Å². The standard InChI is InChI=1S/C25H18O2/c1-2-3-19-12-18-11-16-5-7-20-21(23(16)14-25(18)27-19)6-4-15-10-17-8-9-26-24(17)13-22(15)20/h4-14H,2-3H2,1H3. The van der Waals surface area contributed by atoms with E-state index in [-0.39, 0.29) is 0 Å². The van der Waals surface area contributed by atoms with E-state index in [1.54, 1.807) is 6.26 Å². The average Bonchev–Trinajstić information content (AvgIpc) is 3.29. The van der Waals surface area contributed by atoms with Crippen molar-refractivity contribution in [2.24, 2.45) is 0 Å². The van der Waals surface area contributed by atoms with Crippen LogP contribution in [-0.2, 0) is 6.42 Å². The van der Waals surface area contributed by atoms with Crippen molar-refractivity contribution in [1.29, 1.82) is 0 Å². The van der Waals surface area contributed by atoms with Gasteiger partial charge in [-0.25, -0.2) is 0 Å². The lowest BCUT2D eigenvalue weighted by Gasteiger charge is -2.08. The number of furan rings is 2. The van der Waals surface area contributed by atoms with Gasteiger partial charge in [0.05, 0.1) is 6.26 Å². The second-order valence-corrected chi connectivity index (χ2v) is 7.33. The predicted molar refractivity (Wildman–Crippen MR) is 112 cm³/mol. The highest BCUT2D eigenvalue weighted by molar-refractivity contribution is 6.20. The molecule has 130 valence electrons. The van der Waals surface area contributed by atoms with Crippen LogP contribution in [0.4, 0.5) is 0 Å². The molecule has 2 heterocycles. The molecular formula is C25H18O2. The molecule has 0 saturated carbocycles. The second-order valence-electron chi connectivity index (χ2n) is 7.33. The molecule has 6 rings (SSSR count). The minimum atomic E-state index is 0.931. The van der Waals surface area contributed by atoms with E-state index < -0.39 is 0 Å². The summed E-state index contributed by atoms with van der Waals surface area (Å²) in [5, 5.41) is 9.77. The van der Waals surface area contributed by atoms with E-state index in [1.165, 1.54) is 37.7 Å². The Labute approximate surface area is 156 Å². The maximum absolute atomic E-state index is 6.09. The fraction of sp³-hybridized carbons (Fsp3) is 0.120. The molecule has 0 spiro atoms. The van der Waals surface area contributed by atoms with Gasteiger partial charge >= 0.3 is 0 Å². The largest absolute Gasteiger partial charge is 0.464 e. The van der Waals surface area contributed by atoms with Gasteiger partial charge in [0.2, 0.25) is 0 Å². The van der Waals surface area contributed by atoms with Gasteiger partial charge in [-0.3, -0.25) is 0 Å². The zero-order valence-corrected chi connectivity index (χ0v) is 15.1. The Morgan fingerprint density at radius 2 is 1.33 bits per heavy atom. The zero-order valence-electron chi connectivity index (χ0n) is 15.1. The van der Waals surface area contributed by atoms with Gasteiger partial charge in [-0.1, -0.05) is 31.2 Å². The van der Waals surface area contributed by atoms with Gasteiger partial charge in [-0.15, -0.1) is 0 Å². The molecule has 27 heavy (non-hydrogen) atoms. The normalized spacial score (nSPS) is 12.2. The predicted octanol–water partition coefficient (Wildman–Crippen LogP) is 7.59.